The van der Waals surface area contributed by atoms with Crippen LogP contribution >= 0.6 is 0 Å². The number of aryl methyl sites for hydroxylation is 1. The SMILES string of the molecule is Cc1ccc(S(=O)(=O)NC2CC2)cc1C(=O)N1CCOC(C(N)=O)C1. The van der Waals surface area contributed by atoms with E-state index in [1.54, 1.807) is 13.0 Å². The Morgan fingerprint density at radius 1 is 1.32 bits per heavy atom. The second kappa shape index (κ2) is 6.74. The maximum absolute atomic E-state index is 12.8. The average molecular weight is 367 g/mol. The van der Waals surface area contributed by atoms with E-state index in [0.717, 1.165) is 12.8 Å². The van der Waals surface area contributed by atoms with Gasteiger partial charge in [-0.2, -0.15) is 0 Å². The number of benzene rings is 1. The number of carbonyl (C=O) groups excluding carboxylic acids is 2. The molecule has 1 aliphatic heterocycles. The molecular weight excluding hydrogens is 346 g/mol. The molecule has 136 valence electrons. The van der Waals surface area contributed by atoms with Crippen molar-refractivity contribution in [2.24, 2.45) is 5.73 Å². The molecule has 2 aliphatic rings. The molecule has 2 amide bonds. The van der Waals surface area contributed by atoms with Crippen molar-refractivity contribution in [1.82, 2.24) is 9.62 Å². The van der Waals surface area contributed by atoms with Gasteiger partial charge in [0.2, 0.25) is 15.9 Å². The lowest BCUT2D eigenvalue weighted by atomic mass is 10.1. The van der Waals surface area contributed by atoms with Gasteiger partial charge in [-0.1, -0.05) is 6.07 Å². The Morgan fingerprint density at radius 3 is 2.68 bits per heavy atom. The average Bonchev–Trinajstić information content (AvgIpc) is 3.37. The number of hydrogen-bond acceptors (Lipinski definition) is 5. The summed E-state index contributed by atoms with van der Waals surface area (Å²) in [6.45, 7) is 2.33. The molecule has 3 rings (SSSR count). The van der Waals surface area contributed by atoms with Crippen molar-refractivity contribution in [3.8, 4) is 0 Å². The number of hydrogen-bond donors (Lipinski definition) is 2. The van der Waals surface area contributed by atoms with E-state index in [2.05, 4.69) is 4.72 Å². The summed E-state index contributed by atoms with van der Waals surface area (Å²) < 4.78 is 32.6. The maximum atomic E-state index is 12.8. The van der Waals surface area contributed by atoms with Crippen molar-refractivity contribution < 1.29 is 22.7 Å². The van der Waals surface area contributed by atoms with E-state index in [0.29, 0.717) is 17.7 Å². The van der Waals surface area contributed by atoms with Gasteiger partial charge < -0.3 is 15.4 Å². The minimum atomic E-state index is -3.64. The van der Waals surface area contributed by atoms with Crippen molar-refractivity contribution >= 4 is 21.8 Å². The molecule has 1 aliphatic carbocycles. The smallest absolute Gasteiger partial charge is 0.254 e. The van der Waals surface area contributed by atoms with Crippen LogP contribution in [0.5, 0.6) is 0 Å². The van der Waals surface area contributed by atoms with Crippen LogP contribution in [0, 0.1) is 6.92 Å². The quantitative estimate of drug-likeness (QED) is 0.745. The summed E-state index contributed by atoms with van der Waals surface area (Å²) >= 11 is 0. The predicted octanol–water partition coefficient (Wildman–Crippen LogP) is -0.238. The zero-order valence-corrected chi connectivity index (χ0v) is 14.7. The summed E-state index contributed by atoms with van der Waals surface area (Å²) in [5.41, 5.74) is 6.20. The third kappa shape index (κ3) is 4.00. The fraction of sp³-hybridized carbons (Fsp3) is 0.500. The predicted molar refractivity (Wildman–Crippen MR) is 89.4 cm³/mol. The minimum absolute atomic E-state index is 0.0129. The van der Waals surface area contributed by atoms with E-state index < -0.39 is 22.0 Å². The standard InChI is InChI=1S/C16H21N3O5S/c1-10-2-5-12(25(22,23)18-11-3-4-11)8-13(10)16(21)19-6-7-24-14(9-19)15(17)20/h2,5,8,11,14,18H,3-4,6-7,9H2,1H3,(H2,17,20). The molecule has 8 nitrogen and oxygen atoms in total. The van der Waals surface area contributed by atoms with Crippen LogP contribution in [-0.4, -0.2) is 57.0 Å². The molecule has 9 heteroatoms. The fourth-order valence-electron chi connectivity index (χ4n) is 2.66. The topological polar surface area (TPSA) is 119 Å². The Morgan fingerprint density at radius 2 is 2.04 bits per heavy atom. The highest BCUT2D eigenvalue weighted by atomic mass is 32.2. The van der Waals surface area contributed by atoms with Gasteiger partial charge in [-0.25, -0.2) is 13.1 Å². The number of nitrogens with one attached hydrogen (secondary N) is 1. The number of morpholine rings is 1. The van der Waals surface area contributed by atoms with E-state index >= 15 is 0 Å². The van der Waals surface area contributed by atoms with Crippen LogP contribution < -0.4 is 10.5 Å². The fourth-order valence-corrected chi connectivity index (χ4v) is 3.99. The summed E-state index contributed by atoms with van der Waals surface area (Å²) in [6.07, 6.45) is 0.819. The Labute approximate surface area is 146 Å². The van der Waals surface area contributed by atoms with Gasteiger partial charge in [0.05, 0.1) is 18.0 Å². The van der Waals surface area contributed by atoms with Crippen molar-refractivity contribution in [2.75, 3.05) is 19.7 Å². The van der Waals surface area contributed by atoms with Gasteiger partial charge in [0.15, 0.2) is 6.10 Å². The van der Waals surface area contributed by atoms with Crippen LogP contribution in [0.3, 0.4) is 0 Å². The van der Waals surface area contributed by atoms with E-state index in [9.17, 15) is 18.0 Å². The molecule has 1 heterocycles. The lowest BCUT2D eigenvalue weighted by molar-refractivity contribution is -0.133. The number of nitrogens with zero attached hydrogens (tertiary/aromatic N) is 1. The number of ether oxygens (including phenoxy) is 1. The van der Waals surface area contributed by atoms with Gasteiger partial charge in [-0.05, 0) is 37.5 Å². The highest BCUT2D eigenvalue weighted by Crippen LogP contribution is 2.24. The van der Waals surface area contributed by atoms with Crippen LogP contribution in [0.4, 0.5) is 0 Å². The molecule has 25 heavy (non-hydrogen) atoms. The van der Waals surface area contributed by atoms with E-state index in [-0.39, 0.29) is 30.0 Å². The largest absolute Gasteiger partial charge is 0.367 e. The van der Waals surface area contributed by atoms with Crippen LogP contribution in [0.2, 0.25) is 0 Å². The molecular formula is C16H21N3O5S. The molecule has 0 radical (unpaired) electrons. The zero-order chi connectivity index (χ0) is 18.2. The van der Waals surface area contributed by atoms with Gasteiger partial charge in [0.25, 0.3) is 5.91 Å². The van der Waals surface area contributed by atoms with Gasteiger partial charge in [-0.15, -0.1) is 0 Å². The van der Waals surface area contributed by atoms with E-state index in [1.807, 2.05) is 0 Å². The Balaban J connectivity index is 1.84. The summed E-state index contributed by atoms with van der Waals surface area (Å²) in [6, 6.07) is 4.47. The molecule has 1 unspecified atom stereocenters. The van der Waals surface area contributed by atoms with Crippen LogP contribution in [-0.2, 0) is 19.6 Å². The summed E-state index contributed by atoms with van der Waals surface area (Å²) in [5, 5.41) is 0. The van der Waals surface area contributed by atoms with Crippen molar-refractivity contribution in [2.45, 2.75) is 36.8 Å². The van der Waals surface area contributed by atoms with Gasteiger partial charge in [0.1, 0.15) is 0 Å². The maximum Gasteiger partial charge on any atom is 0.254 e. The molecule has 1 aromatic carbocycles. The van der Waals surface area contributed by atoms with Crippen LogP contribution in [0.15, 0.2) is 23.1 Å². The molecule has 0 aromatic heterocycles. The first-order valence-electron chi connectivity index (χ1n) is 8.11. The second-order valence-corrected chi connectivity index (χ2v) is 8.10. The van der Waals surface area contributed by atoms with E-state index in [4.69, 9.17) is 10.5 Å². The van der Waals surface area contributed by atoms with Gasteiger partial charge >= 0.3 is 0 Å². The first-order valence-corrected chi connectivity index (χ1v) is 9.59. The Bertz CT molecular complexity index is 804. The summed E-state index contributed by atoms with van der Waals surface area (Å²) in [4.78, 5) is 25.6. The second-order valence-electron chi connectivity index (χ2n) is 6.39. The lowest BCUT2D eigenvalue weighted by Gasteiger charge is -2.31. The highest BCUT2D eigenvalue weighted by molar-refractivity contribution is 7.89. The van der Waals surface area contributed by atoms with Gasteiger partial charge in [-0.3, -0.25) is 9.59 Å². The number of amides is 2. The highest BCUT2D eigenvalue weighted by Gasteiger charge is 2.31. The first-order chi connectivity index (χ1) is 11.8. The van der Waals surface area contributed by atoms with Crippen LogP contribution in [0.1, 0.15) is 28.8 Å². The molecule has 1 aromatic rings. The third-order valence-corrected chi connectivity index (χ3v) is 5.84. The molecule has 2 fully saturated rings. The van der Waals surface area contributed by atoms with Crippen molar-refractivity contribution in [1.29, 1.82) is 0 Å². The number of primary amides is 1. The number of rotatable bonds is 5. The van der Waals surface area contributed by atoms with Crippen molar-refractivity contribution in [3.63, 3.8) is 0 Å². The lowest BCUT2D eigenvalue weighted by Crippen LogP contribution is -2.50. The summed E-state index contributed by atoms with van der Waals surface area (Å²) in [7, 11) is -3.64. The summed E-state index contributed by atoms with van der Waals surface area (Å²) in [5.74, 6) is -0.963. The van der Waals surface area contributed by atoms with Crippen LogP contribution in [0.25, 0.3) is 0 Å². The molecule has 1 saturated heterocycles. The minimum Gasteiger partial charge on any atom is -0.367 e. The molecule has 0 spiro atoms. The molecule has 0 bridgehead atoms. The normalized spacial score (nSPS) is 21.2. The monoisotopic (exact) mass is 367 g/mol. The van der Waals surface area contributed by atoms with E-state index in [1.165, 1.54) is 17.0 Å². The van der Waals surface area contributed by atoms with Gasteiger partial charge in [0, 0.05) is 18.2 Å². The Hall–Kier alpha value is -1.97. The molecule has 1 atom stereocenters. The third-order valence-electron chi connectivity index (χ3n) is 4.32. The first kappa shape index (κ1) is 17.8. The molecule has 1 saturated carbocycles. The molecule has 3 N–H and O–H groups in total. The van der Waals surface area contributed by atoms with Crippen molar-refractivity contribution in [3.05, 3.63) is 29.3 Å². The number of sulfonamides is 1. The zero-order valence-electron chi connectivity index (χ0n) is 13.9. The number of carbonyl (C=O) groups is 2. The Kier molecular flexibility index (Phi) is 4.81. The number of nitrogens with two attached hydrogens (primary N) is 1.